The smallest absolute Gasteiger partial charge is 0.409 e. The Morgan fingerprint density at radius 3 is 1.70 bits per heavy atom. The molecule has 0 saturated carbocycles. The number of carbonyl (C=O) groups is 2. The lowest BCUT2D eigenvalue weighted by atomic mass is 9.84. The monoisotopic (exact) mass is 362 g/mol. The van der Waals surface area contributed by atoms with Crippen molar-refractivity contribution < 1.29 is 19.8 Å². The van der Waals surface area contributed by atoms with Crippen LogP contribution in [0.5, 0.6) is 0 Å². The first-order chi connectivity index (χ1) is 13.0. The number of nitrogens with one attached hydrogen (secondary N) is 2. The minimum Gasteiger partial charge on any atom is -0.465 e. The molecule has 0 aliphatic rings. The third-order valence-corrected chi connectivity index (χ3v) is 4.12. The zero-order chi connectivity index (χ0) is 19.2. The van der Waals surface area contributed by atoms with Crippen LogP contribution in [0.4, 0.5) is 21.0 Å². The van der Waals surface area contributed by atoms with Crippen LogP contribution in [-0.2, 0) is 0 Å². The maximum atomic E-state index is 11.3. The Morgan fingerprint density at radius 1 is 0.704 bits per heavy atom. The first-order valence-electron chi connectivity index (χ1n) is 8.28. The molecule has 0 spiro atoms. The van der Waals surface area contributed by atoms with Gasteiger partial charge in [0.25, 0.3) is 0 Å². The number of hydrogen-bond acceptors (Lipinski definition) is 2. The highest BCUT2D eigenvalue weighted by atomic mass is 16.4. The van der Waals surface area contributed by atoms with Gasteiger partial charge in [-0.05, 0) is 28.8 Å². The van der Waals surface area contributed by atoms with Gasteiger partial charge in [-0.2, -0.15) is 0 Å². The molecule has 2 amide bonds. The van der Waals surface area contributed by atoms with E-state index in [0.717, 1.165) is 16.7 Å². The quantitative estimate of drug-likeness (QED) is 0.478. The Balaban J connectivity index is 2.16. The molecule has 0 unspecified atom stereocenters. The molecule has 4 N–H and O–H groups in total. The van der Waals surface area contributed by atoms with Crippen LogP contribution in [0, 0.1) is 0 Å². The largest absolute Gasteiger partial charge is 0.465 e. The van der Waals surface area contributed by atoms with Crippen molar-refractivity contribution in [3.63, 3.8) is 0 Å². The Bertz CT molecular complexity index is 903. The van der Waals surface area contributed by atoms with Crippen LogP contribution in [-0.4, -0.2) is 22.4 Å². The van der Waals surface area contributed by atoms with Gasteiger partial charge in [-0.3, -0.25) is 10.6 Å². The van der Waals surface area contributed by atoms with E-state index in [1.807, 2.05) is 60.7 Å². The molecule has 0 heterocycles. The van der Waals surface area contributed by atoms with Crippen molar-refractivity contribution in [2.45, 2.75) is 5.92 Å². The molecule has 136 valence electrons. The average molecular weight is 362 g/mol. The minimum absolute atomic E-state index is 0.215. The number of benzene rings is 3. The summed E-state index contributed by atoms with van der Waals surface area (Å²) in [7, 11) is 0. The van der Waals surface area contributed by atoms with Crippen LogP contribution in [0.15, 0.2) is 78.9 Å². The SMILES string of the molecule is O=C(O)Nc1ccc(C(c2ccccc2)c2ccccc2)c(NC(=O)O)c1. The molecule has 0 aliphatic carbocycles. The van der Waals surface area contributed by atoms with Gasteiger partial charge in [0.2, 0.25) is 0 Å². The van der Waals surface area contributed by atoms with Crippen molar-refractivity contribution >= 4 is 23.6 Å². The van der Waals surface area contributed by atoms with Gasteiger partial charge in [0.15, 0.2) is 0 Å². The van der Waals surface area contributed by atoms with Crippen molar-refractivity contribution in [3.8, 4) is 0 Å². The van der Waals surface area contributed by atoms with Crippen molar-refractivity contribution in [1.29, 1.82) is 0 Å². The van der Waals surface area contributed by atoms with Gasteiger partial charge in [-0.1, -0.05) is 66.7 Å². The van der Waals surface area contributed by atoms with Crippen LogP contribution in [0.1, 0.15) is 22.6 Å². The van der Waals surface area contributed by atoms with E-state index in [1.165, 1.54) is 6.07 Å². The Kier molecular flexibility index (Phi) is 5.37. The molecule has 3 aromatic rings. The highest BCUT2D eigenvalue weighted by molar-refractivity contribution is 5.88. The van der Waals surface area contributed by atoms with E-state index in [0.29, 0.717) is 5.69 Å². The van der Waals surface area contributed by atoms with Gasteiger partial charge in [-0.15, -0.1) is 0 Å². The molecule has 27 heavy (non-hydrogen) atoms. The first-order valence-corrected chi connectivity index (χ1v) is 8.28. The fraction of sp³-hybridized carbons (Fsp3) is 0.0476. The fourth-order valence-corrected chi connectivity index (χ4v) is 3.08. The van der Waals surface area contributed by atoms with Crippen LogP contribution in [0.3, 0.4) is 0 Å². The van der Waals surface area contributed by atoms with E-state index in [-0.39, 0.29) is 11.6 Å². The first kappa shape index (κ1) is 18.0. The number of amides is 2. The number of anilines is 2. The highest BCUT2D eigenvalue weighted by Gasteiger charge is 2.21. The number of rotatable bonds is 5. The molecule has 0 saturated heterocycles. The van der Waals surface area contributed by atoms with Crippen molar-refractivity contribution in [1.82, 2.24) is 0 Å². The van der Waals surface area contributed by atoms with Gasteiger partial charge >= 0.3 is 12.2 Å². The van der Waals surface area contributed by atoms with Gasteiger partial charge in [0.05, 0.1) is 5.69 Å². The average Bonchev–Trinajstić information content (AvgIpc) is 2.64. The summed E-state index contributed by atoms with van der Waals surface area (Å²) in [5, 5.41) is 22.8. The zero-order valence-electron chi connectivity index (χ0n) is 14.3. The molecule has 6 nitrogen and oxygen atoms in total. The second kappa shape index (κ2) is 8.05. The van der Waals surface area contributed by atoms with Gasteiger partial charge in [0.1, 0.15) is 0 Å². The normalized spacial score (nSPS) is 10.4. The lowest BCUT2D eigenvalue weighted by Gasteiger charge is -2.22. The summed E-state index contributed by atoms with van der Waals surface area (Å²) in [5.41, 5.74) is 3.33. The lowest BCUT2D eigenvalue weighted by Crippen LogP contribution is -2.14. The number of hydrogen-bond donors (Lipinski definition) is 4. The summed E-state index contributed by atoms with van der Waals surface area (Å²) in [5.74, 6) is -0.215. The summed E-state index contributed by atoms with van der Waals surface area (Å²) in [6.07, 6.45) is -2.43. The standard InChI is InChI=1S/C21H18N2O4/c24-20(25)22-16-11-12-17(18(13-16)23-21(26)27)19(14-7-3-1-4-8-14)15-9-5-2-6-10-15/h1-13,19,22-23H,(H,24,25)(H,26,27). The topological polar surface area (TPSA) is 98.7 Å². The molecule has 0 radical (unpaired) electrons. The fourth-order valence-electron chi connectivity index (χ4n) is 3.08. The summed E-state index contributed by atoms with van der Waals surface area (Å²) < 4.78 is 0. The second-order valence-electron chi connectivity index (χ2n) is 5.92. The third kappa shape index (κ3) is 4.43. The van der Waals surface area contributed by atoms with Crippen LogP contribution >= 0.6 is 0 Å². The minimum atomic E-state index is -1.22. The summed E-state index contributed by atoms with van der Waals surface area (Å²) in [4.78, 5) is 22.2. The van der Waals surface area contributed by atoms with Crippen molar-refractivity contribution in [2.75, 3.05) is 10.6 Å². The second-order valence-corrected chi connectivity index (χ2v) is 5.92. The van der Waals surface area contributed by atoms with E-state index >= 15 is 0 Å². The van der Waals surface area contributed by atoms with Crippen LogP contribution < -0.4 is 10.6 Å². The molecule has 3 rings (SSSR count). The van der Waals surface area contributed by atoms with Gasteiger partial charge < -0.3 is 10.2 Å². The molecule has 0 fully saturated rings. The van der Waals surface area contributed by atoms with Crippen molar-refractivity contribution in [3.05, 3.63) is 95.6 Å². The van der Waals surface area contributed by atoms with E-state index in [2.05, 4.69) is 10.6 Å². The predicted molar refractivity (Wildman–Crippen MR) is 104 cm³/mol. The molecular weight excluding hydrogens is 344 g/mol. The van der Waals surface area contributed by atoms with Crippen LogP contribution in [0.2, 0.25) is 0 Å². The zero-order valence-corrected chi connectivity index (χ0v) is 14.3. The van der Waals surface area contributed by atoms with Crippen LogP contribution in [0.25, 0.3) is 0 Å². The molecule has 0 aliphatic heterocycles. The summed E-state index contributed by atoms with van der Waals surface area (Å²) in [6, 6.07) is 24.3. The Labute approximate surface area is 156 Å². The maximum Gasteiger partial charge on any atom is 0.409 e. The van der Waals surface area contributed by atoms with E-state index in [4.69, 9.17) is 5.11 Å². The van der Waals surface area contributed by atoms with E-state index in [9.17, 15) is 14.7 Å². The van der Waals surface area contributed by atoms with Gasteiger partial charge in [0, 0.05) is 11.6 Å². The molecular formula is C21H18N2O4. The Hall–Kier alpha value is -3.80. The van der Waals surface area contributed by atoms with Crippen molar-refractivity contribution in [2.24, 2.45) is 0 Å². The lowest BCUT2D eigenvalue weighted by molar-refractivity contribution is 0.208. The maximum absolute atomic E-state index is 11.3. The Morgan fingerprint density at radius 2 is 1.22 bits per heavy atom. The van der Waals surface area contributed by atoms with E-state index < -0.39 is 12.2 Å². The predicted octanol–water partition coefficient (Wildman–Crippen LogP) is 5.05. The molecule has 3 aromatic carbocycles. The number of carboxylic acid groups (broad SMARTS) is 2. The van der Waals surface area contributed by atoms with Gasteiger partial charge in [-0.25, -0.2) is 9.59 Å². The molecule has 6 heteroatoms. The van der Waals surface area contributed by atoms with E-state index in [1.54, 1.807) is 12.1 Å². The summed E-state index contributed by atoms with van der Waals surface area (Å²) >= 11 is 0. The third-order valence-electron chi connectivity index (χ3n) is 4.12. The summed E-state index contributed by atoms with van der Waals surface area (Å²) in [6.45, 7) is 0. The highest BCUT2D eigenvalue weighted by Crippen LogP contribution is 2.37. The molecule has 0 aromatic heterocycles. The molecule has 0 atom stereocenters. The molecule has 0 bridgehead atoms.